The fourth-order valence-corrected chi connectivity index (χ4v) is 3.22. The first-order valence-corrected chi connectivity index (χ1v) is 8.36. The van der Waals surface area contributed by atoms with Gasteiger partial charge in [-0.3, -0.25) is 4.79 Å². The highest BCUT2D eigenvalue weighted by Gasteiger charge is 2.28. The predicted molar refractivity (Wildman–Crippen MR) is 87.3 cm³/mol. The van der Waals surface area contributed by atoms with Crippen LogP contribution >= 0.6 is 0 Å². The van der Waals surface area contributed by atoms with Crippen molar-refractivity contribution >= 4 is 5.91 Å². The summed E-state index contributed by atoms with van der Waals surface area (Å²) in [6.07, 6.45) is 3.37. The van der Waals surface area contributed by atoms with E-state index in [1.807, 2.05) is 0 Å². The van der Waals surface area contributed by atoms with Crippen molar-refractivity contribution in [3.8, 4) is 11.4 Å². The monoisotopic (exact) mass is 331 g/mol. The lowest BCUT2D eigenvalue weighted by molar-refractivity contribution is -0.123. The van der Waals surface area contributed by atoms with Gasteiger partial charge in [0.25, 0.3) is 0 Å². The minimum atomic E-state index is -0.359. The minimum Gasteiger partial charge on any atom is -0.351 e. The first kappa shape index (κ1) is 16.5. The van der Waals surface area contributed by atoms with Gasteiger partial charge in [0.15, 0.2) is 0 Å². The molecule has 0 bridgehead atoms. The molecule has 7 heteroatoms. The molecular weight excluding hydrogens is 309 g/mol. The van der Waals surface area contributed by atoms with Crippen LogP contribution in [0.4, 0.5) is 4.39 Å². The van der Waals surface area contributed by atoms with Gasteiger partial charge in [0.05, 0.1) is 0 Å². The van der Waals surface area contributed by atoms with E-state index in [0.717, 1.165) is 12.8 Å². The van der Waals surface area contributed by atoms with E-state index < -0.39 is 0 Å². The third-order valence-electron chi connectivity index (χ3n) is 4.87. The van der Waals surface area contributed by atoms with Gasteiger partial charge in [-0.25, -0.2) is 4.39 Å². The van der Waals surface area contributed by atoms with Crippen molar-refractivity contribution in [2.45, 2.75) is 45.7 Å². The van der Waals surface area contributed by atoms with Crippen LogP contribution in [0.2, 0.25) is 0 Å². The SMILES string of the molecule is C[C@@H]1[C@H](C)CCC[C@@H]1NC(=O)Cn1nnc(-c2cccc(F)c2)n1. The van der Waals surface area contributed by atoms with Crippen LogP contribution in [0.15, 0.2) is 24.3 Å². The molecule has 3 atom stereocenters. The maximum Gasteiger partial charge on any atom is 0.243 e. The molecule has 1 aromatic carbocycles. The van der Waals surface area contributed by atoms with Gasteiger partial charge in [-0.05, 0) is 35.6 Å². The second kappa shape index (κ2) is 7.07. The number of carbonyl (C=O) groups excluding carboxylic acids is 1. The van der Waals surface area contributed by atoms with E-state index >= 15 is 0 Å². The molecule has 0 unspecified atom stereocenters. The summed E-state index contributed by atoms with van der Waals surface area (Å²) in [7, 11) is 0. The maximum atomic E-state index is 13.3. The highest BCUT2D eigenvalue weighted by Crippen LogP contribution is 2.29. The van der Waals surface area contributed by atoms with Gasteiger partial charge in [-0.1, -0.05) is 38.8 Å². The van der Waals surface area contributed by atoms with Crippen LogP contribution < -0.4 is 5.32 Å². The van der Waals surface area contributed by atoms with Crippen molar-refractivity contribution in [2.75, 3.05) is 0 Å². The van der Waals surface area contributed by atoms with Crippen LogP contribution in [0.1, 0.15) is 33.1 Å². The molecular formula is C17H22FN5O. The smallest absolute Gasteiger partial charge is 0.243 e. The summed E-state index contributed by atoms with van der Waals surface area (Å²) in [6, 6.07) is 6.19. The first-order chi connectivity index (χ1) is 11.5. The fraction of sp³-hybridized carbons (Fsp3) is 0.529. The van der Waals surface area contributed by atoms with Crippen molar-refractivity contribution in [3.05, 3.63) is 30.1 Å². The Morgan fingerprint density at radius 2 is 2.21 bits per heavy atom. The Balaban J connectivity index is 1.61. The normalized spacial score (nSPS) is 23.9. The number of nitrogens with zero attached hydrogens (tertiary/aromatic N) is 4. The highest BCUT2D eigenvalue weighted by atomic mass is 19.1. The summed E-state index contributed by atoms with van der Waals surface area (Å²) in [6.45, 7) is 4.43. The molecule has 1 amide bonds. The second-order valence-electron chi connectivity index (χ2n) is 6.60. The molecule has 0 saturated heterocycles. The first-order valence-electron chi connectivity index (χ1n) is 8.36. The molecule has 3 rings (SSSR count). The standard InChI is InChI=1S/C17H22FN5O/c1-11-5-3-8-15(12(11)2)19-16(24)10-23-21-17(20-22-23)13-6-4-7-14(18)9-13/h4,6-7,9,11-12,15H,3,5,8,10H2,1-2H3,(H,19,24)/t11-,12-,15+/m1/s1. The van der Waals surface area contributed by atoms with E-state index in [1.54, 1.807) is 12.1 Å². The molecule has 24 heavy (non-hydrogen) atoms. The Morgan fingerprint density at radius 1 is 1.38 bits per heavy atom. The highest BCUT2D eigenvalue weighted by molar-refractivity contribution is 5.75. The summed E-state index contributed by atoms with van der Waals surface area (Å²) in [4.78, 5) is 13.5. The van der Waals surface area contributed by atoms with E-state index in [9.17, 15) is 9.18 Å². The summed E-state index contributed by atoms with van der Waals surface area (Å²) in [5, 5.41) is 15.0. The molecule has 2 aromatic rings. The Bertz CT molecular complexity index is 717. The third-order valence-corrected chi connectivity index (χ3v) is 4.87. The van der Waals surface area contributed by atoms with E-state index in [2.05, 4.69) is 34.6 Å². The van der Waals surface area contributed by atoms with Gasteiger partial charge in [0, 0.05) is 11.6 Å². The van der Waals surface area contributed by atoms with Crippen LogP contribution in [-0.2, 0) is 11.3 Å². The largest absolute Gasteiger partial charge is 0.351 e. The number of rotatable bonds is 4. The van der Waals surface area contributed by atoms with Crippen molar-refractivity contribution in [2.24, 2.45) is 11.8 Å². The molecule has 1 aromatic heterocycles. The molecule has 1 saturated carbocycles. The van der Waals surface area contributed by atoms with Crippen molar-refractivity contribution < 1.29 is 9.18 Å². The fourth-order valence-electron chi connectivity index (χ4n) is 3.22. The number of carbonyl (C=O) groups is 1. The Hall–Kier alpha value is -2.31. The van der Waals surface area contributed by atoms with Gasteiger partial charge >= 0.3 is 0 Å². The van der Waals surface area contributed by atoms with Crippen molar-refractivity contribution in [3.63, 3.8) is 0 Å². The molecule has 1 N–H and O–H groups in total. The lowest BCUT2D eigenvalue weighted by atomic mass is 9.78. The predicted octanol–water partition coefficient (Wildman–Crippen LogP) is 2.42. The van der Waals surface area contributed by atoms with Crippen molar-refractivity contribution in [1.82, 2.24) is 25.5 Å². The average Bonchev–Trinajstić information content (AvgIpc) is 3.00. The number of benzene rings is 1. The number of nitrogens with one attached hydrogen (secondary N) is 1. The zero-order chi connectivity index (χ0) is 17.1. The minimum absolute atomic E-state index is 0.0138. The zero-order valence-corrected chi connectivity index (χ0v) is 13.9. The van der Waals surface area contributed by atoms with Crippen molar-refractivity contribution in [1.29, 1.82) is 0 Å². The summed E-state index contributed by atoms with van der Waals surface area (Å²) < 4.78 is 13.3. The number of hydrogen-bond acceptors (Lipinski definition) is 4. The quantitative estimate of drug-likeness (QED) is 0.934. The van der Waals surface area contributed by atoms with Crippen LogP contribution in [0.25, 0.3) is 11.4 Å². The van der Waals surface area contributed by atoms with E-state index in [1.165, 1.54) is 23.4 Å². The molecule has 0 aliphatic heterocycles. The van der Waals surface area contributed by atoms with E-state index in [0.29, 0.717) is 23.2 Å². The molecule has 128 valence electrons. The Kier molecular flexibility index (Phi) is 4.87. The number of aromatic nitrogens is 4. The molecule has 1 fully saturated rings. The second-order valence-corrected chi connectivity index (χ2v) is 6.60. The van der Waals surface area contributed by atoms with E-state index in [-0.39, 0.29) is 24.3 Å². The van der Waals surface area contributed by atoms with Gasteiger partial charge in [-0.2, -0.15) is 4.80 Å². The lowest BCUT2D eigenvalue weighted by Gasteiger charge is -2.34. The Morgan fingerprint density at radius 3 is 3.00 bits per heavy atom. The van der Waals surface area contributed by atoms with Crippen LogP contribution in [0.3, 0.4) is 0 Å². The molecule has 6 nitrogen and oxygen atoms in total. The third kappa shape index (κ3) is 3.77. The van der Waals surface area contributed by atoms with Crippen LogP contribution in [-0.4, -0.2) is 32.2 Å². The number of tetrazole rings is 1. The number of hydrogen-bond donors (Lipinski definition) is 1. The van der Waals surface area contributed by atoms with E-state index in [4.69, 9.17) is 0 Å². The summed E-state index contributed by atoms with van der Waals surface area (Å²) in [5.74, 6) is 0.912. The zero-order valence-electron chi connectivity index (χ0n) is 13.9. The van der Waals surface area contributed by atoms with Gasteiger partial charge in [0.1, 0.15) is 12.4 Å². The number of amides is 1. The number of halogens is 1. The Labute approximate surface area is 140 Å². The molecule has 1 aliphatic carbocycles. The average molecular weight is 331 g/mol. The molecule has 0 spiro atoms. The van der Waals surface area contributed by atoms with Gasteiger partial charge in [0.2, 0.25) is 11.7 Å². The molecule has 1 aliphatic rings. The van der Waals surface area contributed by atoms with Gasteiger partial charge in [-0.15, -0.1) is 10.2 Å². The van der Waals surface area contributed by atoms with Crippen LogP contribution in [0.5, 0.6) is 0 Å². The maximum absolute atomic E-state index is 13.3. The topological polar surface area (TPSA) is 72.7 Å². The lowest BCUT2D eigenvalue weighted by Crippen LogP contribution is -2.45. The molecule has 1 heterocycles. The molecule has 0 radical (unpaired) electrons. The van der Waals surface area contributed by atoms with Crippen LogP contribution in [0, 0.1) is 17.7 Å². The summed E-state index contributed by atoms with van der Waals surface area (Å²) >= 11 is 0. The summed E-state index contributed by atoms with van der Waals surface area (Å²) in [5.41, 5.74) is 0.538. The van der Waals surface area contributed by atoms with Gasteiger partial charge < -0.3 is 5.32 Å².